The molecule has 0 aliphatic heterocycles. The number of aromatic nitrogens is 1. The molecule has 0 fully saturated rings. The molecule has 3 heteroatoms. The van der Waals surface area contributed by atoms with Crippen LogP contribution in [0.15, 0.2) is 24.3 Å². The first-order valence-electron chi connectivity index (χ1n) is 6.73. The molecule has 0 saturated heterocycles. The fourth-order valence-electron chi connectivity index (χ4n) is 2.41. The number of ether oxygens (including phenoxy) is 1. The highest BCUT2D eigenvalue weighted by Gasteiger charge is 2.08. The number of rotatable bonds is 4. The Morgan fingerprint density at radius 2 is 1.70 bits per heavy atom. The molecule has 2 rings (SSSR count). The fraction of sp³-hybridized carbons (Fsp3) is 0.353. The van der Waals surface area contributed by atoms with E-state index >= 15 is 0 Å². The molecule has 106 valence electrons. The van der Waals surface area contributed by atoms with Crippen LogP contribution in [0, 0.1) is 27.7 Å². The number of hydrogen-bond donors (Lipinski definition) is 0. The molecule has 0 aliphatic rings. The molecule has 0 N–H and O–H groups in total. The van der Waals surface area contributed by atoms with E-state index in [0.29, 0.717) is 12.5 Å². The summed E-state index contributed by atoms with van der Waals surface area (Å²) in [5.74, 6) is 1.13. The highest BCUT2D eigenvalue weighted by molar-refractivity contribution is 6.17. The number of pyridine rings is 1. The molecule has 0 aliphatic carbocycles. The average Bonchev–Trinajstić information content (AvgIpc) is 2.38. The van der Waals surface area contributed by atoms with Crippen molar-refractivity contribution in [2.24, 2.45) is 0 Å². The van der Waals surface area contributed by atoms with Gasteiger partial charge in [0.05, 0.1) is 11.6 Å². The van der Waals surface area contributed by atoms with Gasteiger partial charge in [-0.15, -0.1) is 11.6 Å². The van der Waals surface area contributed by atoms with Gasteiger partial charge in [-0.3, -0.25) is 4.98 Å². The maximum Gasteiger partial charge on any atom is 0.142 e. The smallest absolute Gasteiger partial charge is 0.142 e. The Morgan fingerprint density at radius 1 is 1.05 bits per heavy atom. The number of alkyl halides is 1. The normalized spacial score (nSPS) is 10.7. The van der Waals surface area contributed by atoms with E-state index in [2.05, 4.69) is 37.9 Å². The van der Waals surface area contributed by atoms with Gasteiger partial charge in [0.1, 0.15) is 12.4 Å². The number of nitrogens with zero attached hydrogens (tertiary/aromatic N) is 1. The molecular weight excluding hydrogens is 270 g/mol. The molecule has 0 spiro atoms. The zero-order valence-corrected chi connectivity index (χ0v) is 13.2. The van der Waals surface area contributed by atoms with E-state index in [1.165, 1.54) is 22.3 Å². The second kappa shape index (κ2) is 6.27. The second-order valence-electron chi connectivity index (χ2n) is 5.20. The van der Waals surface area contributed by atoms with Gasteiger partial charge < -0.3 is 4.74 Å². The quantitative estimate of drug-likeness (QED) is 0.765. The van der Waals surface area contributed by atoms with Crippen LogP contribution in [0.2, 0.25) is 0 Å². The number of aryl methyl sites for hydroxylation is 4. The zero-order valence-electron chi connectivity index (χ0n) is 12.5. The van der Waals surface area contributed by atoms with Crippen molar-refractivity contribution in [2.45, 2.75) is 40.2 Å². The third-order valence-corrected chi connectivity index (χ3v) is 3.66. The number of halogens is 1. The molecule has 1 aromatic carbocycles. The van der Waals surface area contributed by atoms with Crippen LogP contribution in [0.5, 0.6) is 5.75 Å². The lowest BCUT2D eigenvalue weighted by molar-refractivity contribution is 0.300. The molecule has 0 saturated carbocycles. The molecule has 0 amide bonds. The summed E-state index contributed by atoms with van der Waals surface area (Å²) in [5, 5.41) is 0. The molecule has 0 bridgehead atoms. The van der Waals surface area contributed by atoms with Crippen molar-refractivity contribution >= 4 is 11.6 Å². The lowest BCUT2D eigenvalue weighted by atomic mass is 10.0. The van der Waals surface area contributed by atoms with Crippen molar-refractivity contribution in [1.29, 1.82) is 0 Å². The van der Waals surface area contributed by atoms with Gasteiger partial charge in [0.25, 0.3) is 0 Å². The summed E-state index contributed by atoms with van der Waals surface area (Å²) in [6.07, 6.45) is 0. The van der Waals surface area contributed by atoms with E-state index in [9.17, 15) is 0 Å². The monoisotopic (exact) mass is 289 g/mol. The molecule has 1 aromatic heterocycles. The fourth-order valence-corrected chi connectivity index (χ4v) is 2.60. The molecule has 0 atom stereocenters. The minimum absolute atomic E-state index is 0.364. The van der Waals surface area contributed by atoms with Crippen LogP contribution < -0.4 is 4.74 Å². The second-order valence-corrected chi connectivity index (χ2v) is 5.46. The van der Waals surface area contributed by atoms with Crippen molar-refractivity contribution in [3.63, 3.8) is 0 Å². The van der Waals surface area contributed by atoms with Crippen molar-refractivity contribution < 1.29 is 4.74 Å². The first kappa shape index (κ1) is 14.9. The highest BCUT2D eigenvalue weighted by atomic mass is 35.5. The van der Waals surface area contributed by atoms with E-state index in [1.807, 2.05) is 19.1 Å². The third-order valence-electron chi connectivity index (χ3n) is 3.41. The Hall–Kier alpha value is -1.54. The predicted molar refractivity (Wildman–Crippen MR) is 83.5 cm³/mol. The molecule has 0 unspecified atom stereocenters. The summed E-state index contributed by atoms with van der Waals surface area (Å²) in [7, 11) is 0. The Kier molecular flexibility index (Phi) is 4.66. The van der Waals surface area contributed by atoms with Crippen LogP contribution in [-0.4, -0.2) is 4.98 Å². The standard InChI is InChI=1S/C17H20ClNO/c1-11-7-12(2)15(13(3)8-11)10-20-17-6-5-14(4)19-16(17)9-18/h5-8H,9-10H2,1-4H3. The lowest BCUT2D eigenvalue weighted by Gasteiger charge is -2.14. The van der Waals surface area contributed by atoms with Gasteiger partial charge in [-0.1, -0.05) is 17.7 Å². The van der Waals surface area contributed by atoms with Gasteiger partial charge in [0, 0.05) is 5.69 Å². The molecule has 20 heavy (non-hydrogen) atoms. The Morgan fingerprint density at radius 3 is 2.30 bits per heavy atom. The number of hydrogen-bond acceptors (Lipinski definition) is 2. The summed E-state index contributed by atoms with van der Waals surface area (Å²) in [6, 6.07) is 8.25. The Balaban J connectivity index is 2.21. The summed E-state index contributed by atoms with van der Waals surface area (Å²) in [6.45, 7) is 8.85. The Bertz CT molecular complexity index is 599. The van der Waals surface area contributed by atoms with E-state index < -0.39 is 0 Å². The summed E-state index contributed by atoms with van der Waals surface area (Å²) >= 11 is 5.93. The SMILES string of the molecule is Cc1cc(C)c(COc2ccc(C)nc2CCl)c(C)c1. The minimum Gasteiger partial charge on any atom is -0.487 e. The van der Waals surface area contributed by atoms with E-state index in [-0.39, 0.29) is 0 Å². The van der Waals surface area contributed by atoms with Crippen LogP contribution in [0.25, 0.3) is 0 Å². The van der Waals surface area contributed by atoms with E-state index in [0.717, 1.165) is 17.1 Å². The highest BCUT2D eigenvalue weighted by Crippen LogP contribution is 2.23. The molecule has 0 radical (unpaired) electrons. The minimum atomic E-state index is 0.364. The Labute approximate surface area is 125 Å². The predicted octanol–water partition coefficient (Wildman–Crippen LogP) is 4.63. The van der Waals surface area contributed by atoms with Gasteiger partial charge in [-0.05, 0) is 56.5 Å². The molecule has 2 aromatic rings. The van der Waals surface area contributed by atoms with Gasteiger partial charge in [0.15, 0.2) is 0 Å². The van der Waals surface area contributed by atoms with Crippen molar-refractivity contribution in [3.05, 3.63) is 57.9 Å². The van der Waals surface area contributed by atoms with Crippen molar-refractivity contribution in [2.75, 3.05) is 0 Å². The van der Waals surface area contributed by atoms with E-state index in [1.54, 1.807) is 0 Å². The third kappa shape index (κ3) is 3.31. The summed E-state index contributed by atoms with van der Waals surface area (Å²) in [4.78, 5) is 4.41. The van der Waals surface area contributed by atoms with Crippen LogP contribution >= 0.6 is 11.6 Å². The first-order chi connectivity index (χ1) is 9.51. The van der Waals surface area contributed by atoms with Gasteiger partial charge in [-0.2, -0.15) is 0 Å². The van der Waals surface area contributed by atoms with Crippen LogP contribution in [-0.2, 0) is 12.5 Å². The van der Waals surface area contributed by atoms with Crippen LogP contribution in [0.4, 0.5) is 0 Å². The van der Waals surface area contributed by atoms with Gasteiger partial charge >= 0.3 is 0 Å². The maximum atomic E-state index is 5.93. The average molecular weight is 290 g/mol. The van der Waals surface area contributed by atoms with E-state index in [4.69, 9.17) is 16.3 Å². The molecule has 1 heterocycles. The van der Waals surface area contributed by atoms with Crippen LogP contribution in [0.3, 0.4) is 0 Å². The van der Waals surface area contributed by atoms with Crippen molar-refractivity contribution in [1.82, 2.24) is 4.98 Å². The summed E-state index contributed by atoms with van der Waals surface area (Å²) < 4.78 is 5.92. The van der Waals surface area contributed by atoms with Gasteiger partial charge in [0.2, 0.25) is 0 Å². The van der Waals surface area contributed by atoms with Gasteiger partial charge in [-0.25, -0.2) is 0 Å². The number of benzene rings is 1. The lowest BCUT2D eigenvalue weighted by Crippen LogP contribution is -2.04. The topological polar surface area (TPSA) is 22.1 Å². The van der Waals surface area contributed by atoms with Crippen LogP contribution in [0.1, 0.15) is 33.6 Å². The van der Waals surface area contributed by atoms with Crippen molar-refractivity contribution in [3.8, 4) is 5.75 Å². The largest absolute Gasteiger partial charge is 0.487 e. The zero-order chi connectivity index (χ0) is 14.7. The first-order valence-corrected chi connectivity index (χ1v) is 7.26. The summed E-state index contributed by atoms with van der Waals surface area (Å²) in [5.41, 5.74) is 6.79. The molecular formula is C17H20ClNO. The maximum absolute atomic E-state index is 5.93. The molecule has 2 nitrogen and oxygen atoms in total.